The van der Waals surface area contributed by atoms with Crippen LogP contribution in [-0.4, -0.2) is 57.2 Å². The SMILES string of the molecule is COc1cc2c(cc1OC)CN(CN1C(=O)C(=O)c3cc4c(cc31)OCCO4)CC2. The number of carbonyl (C=O) groups excluding carboxylic acids is 2. The van der Waals surface area contributed by atoms with E-state index in [0.717, 1.165) is 18.5 Å². The Balaban J connectivity index is 1.41. The third-order valence-electron chi connectivity index (χ3n) is 5.77. The third-order valence-corrected chi connectivity index (χ3v) is 5.77. The Labute approximate surface area is 173 Å². The van der Waals surface area contributed by atoms with E-state index in [2.05, 4.69) is 4.90 Å². The van der Waals surface area contributed by atoms with Gasteiger partial charge in [0.1, 0.15) is 13.2 Å². The fourth-order valence-electron chi connectivity index (χ4n) is 4.23. The summed E-state index contributed by atoms with van der Waals surface area (Å²) < 4.78 is 22.0. The molecule has 0 unspecified atom stereocenters. The fraction of sp³-hybridized carbons (Fsp3) is 0.364. The summed E-state index contributed by atoms with van der Waals surface area (Å²) >= 11 is 0. The lowest BCUT2D eigenvalue weighted by Gasteiger charge is -2.32. The van der Waals surface area contributed by atoms with Gasteiger partial charge < -0.3 is 18.9 Å². The molecule has 0 aromatic heterocycles. The van der Waals surface area contributed by atoms with Gasteiger partial charge in [-0.2, -0.15) is 0 Å². The number of anilines is 1. The first-order valence-electron chi connectivity index (χ1n) is 9.85. The van der Waals surface area contributed by atoms with Crippen molar-refractivity contribution in [3.8, 4) is 23.0 Å². The van der Waals surface area contributed by atoms with Crippen LogP contribution in [0.5, 0.6) is 23.0 Å². The lowest BCUT2D eigenvalue weighted by molar-refractivity contribution is -0.114. The molecule has 0 saturated carbocycles. The molecular formula is C22H22N2O6. The summed E-state index contributed by atoms with van der Waals surface area (Å²) in [6, 6.07) is 7.34. The number of rotatable bonds is 4. The molecule has 0 N–H and O–H groups in total. The van der Waals surface area contributed by atoms with Crippen molar-refractivity contribution in [1.29, 1.82) is 0 Å². The van der Waals surface area contributed by atoms with Gasteiger partial charge in [-0.05, 0) is 35.7 Å². The third kappa shape index (κ3) is 2.95. The standard InChI is InChI=1S/C22H22N2O6/c1-27-17-7-13-3-4-23(11-14(13)8-18(17)28-2)12-24-16-10-20-19(29-5-6-30-20)9-15(16)21(25)22(24)26/h7-10H,3-6,11-12H2,1-2H3. The van der Waals surface area contributed by atoms with Gasteiger partial charge in [0, 0.05) is 19.2 Å². The van der Waals surface area contributed by atoms with Crippen LogP contribution < -0.4 is 23.8 Å². The van der Waals surface area contributed by atoms with Crippen molar-refractivity contribution in [2.24, 2.45) is 0 Å². The number of benzene rings is 2. The number of carbonyl (C=O) groups is 2. The first kappa shape index (κ1) is 18.7. The second kappa shape index (κ2) is 7.21. The van der Waals surface area contributed by atoms with E-state index in [4.69, 9.17) is 18.9 Å². The second-order valence-electron chi connectivity index (χ2n) is 7.50. The number of ketones is 1. The summed E-state index contributed by atoms with van der Waals surface area (Å²) in [4.78, 5) is 28.9. The summed E-state index contributed by atoms with van der Waals surface area (Å²) in [5.41, 5.74) is 3.27. The Morgan fingerprint density at radius 3 is 2.30 bits per heavy atom. The number of amides is 1. The van der Waals surface area contributed by atoms with Crippen LogP contribution in [-0.2, 0) is 17.8 Å². The van der Waals surface area contributed by atoms with Crippen molar-refractivity contribution < 1.29 is 28.5 Å². The Kier molecular flexibility index (Phi) is 4.51. The number of fused-ring (bicyclic) bond motifs is 3. The van der Waals surface area contributed by atoms with E-state index in [0.29, 0.717) is 60.7 Å². The van der Waals surface area contributed by atoms with Gasteiger partial charge in [-0.3, -0.25) is 19.4 Å². The van der Waals surface area contributed by atoms with E-state index >= 15 is 0 Å². The van der Waals surface area contributed by atoms with E-state index < -0.39 is 11.7 Å². The molecule has 3 aliphatic heterocycles. The molecule has 1 amide bonds. The Bertz CT molecular complexity index is 1050. The summed E-state index contributed by atoms with van der Waals surface area (Å²) in [7, 11) is 3.24. The minimum Gasteiger partial charge on any atom is -0.493 e. The van der Waals surface area contributed by atoms with Crippen molar-refractivity contribution >= 4 is 17.4 Å². The number of nitrogens with zero attached hydrogens (tertiary/aromatic N) is 2. The molecule has 0 spiro atoms. The van der Waals surface area contributed by atoms with Gasteiger partial charge in [0.15, 0.2) is 23.0 Å². The van der Waals surface area contributed by atoms with Gasteiger partial charge in [-0.25, -0.2) is 0 Å². The van der Waals surface area contributed by atoms with Crippen LogP contribution in [0.2, 0.25) is 0 Å². The van der Waals surface area contributed by atoms with E-state index in [9.17, 15) is 9.59 Å². The average Bonchev–Trinajstić information content (AvgIpc) is 3.00. The van der Waals surface area contributed by atoms with Gasteiger partial charge in [-0.15, -0.1) is 0 Å². The molecule has 3 aliphatic rings. The smallest absolute Gasteiger partial charge is 0.300 e. The topological polar surface area (TPSA) is 77.5 Å². The first-order valence-corrected chi connectivity index (χ1v) is 9.85. The minimum absolute atomic E-state index is 0.324. The normalized spacial score (nSPS) is 17.6. The monoisotopic (exact) mass is 410 g/mol. The summed E-state index contributed by atoms with van der Waals surface area (Å²) in [5.74, 6) is 1.44. The van der Waals surface area contributed by atoms with Crippen LogP contribution >= 0.6 is 0 Å². The van der Waals surface area contributed by atoms with Gasteiger partial charge in [0.05, 0.1) is 32.1 Å². The maximum atomic E-state index is 12.7. The van der Waals surface area contributed by atoms with Gasteiger partial charge in [-0.1, -0.05) is 0 Å². The van der Waals surface area contributed by atoms with Crippen molar-refractivity contribution in [3.05, 3.63) is 41.0 Å². The molecular weight excluding hydrogens is 388 g/mol. The quantitative estimate of drug-likeness (QED) is 0.714. The predicted molar refractivity (Wildman–Crippen MR) is 108 cm³/mol. The molecule has 3 heterocycles. The molecule has 2 aromatic rings. The van der Waals surface area contributed by atoms with Crippen LogP contribution in [0.15, 0.2) is 24.3 Å². The molecule has 156 valence electrons. The highest BCUT2D eigenvalue weighted by molar-refractivity contribution is 6.52. The minimum atomic E-state index is -0.523. The lowest BCUT2D eigenvalue weighted by atomic mass is 9.99. The molecule has 0 aliphatic carbocycles. The van der Waals surface area contributed by atoms with E-state index in [1.165, 1.54) is 10.5 Å². The van der Waals surface area contributed by atoms with E-state index in [-0.39, 0.29) is 0 Å². The number of methoxy groups -OCH3 is 2. The van der Waals surface area contributed by atoms with Gasteiger partial charge >= 0.3 is 5.91 Å². The first-order chi connectivity index (χ1) is 14.6. The Hall–Kier alpha value is -3.26. The molecule has 0 saturated heterocycles. The van der Waals surface area contributed by atoms with Crippen LogP contribution in [0.3, 0.4) is 0 Å². The number of ether oxygens (including phenoxy) is 4. The molecule has 8 heteroatoms. The largest absolute Gasteiger partial charge is 0.493 e. The number of hydrogen-bond acceptors (Lipinski definition) is 7. The molecule has 0 fully saturated rings. The average molecular weight is 410 g/mol. The second-order valence-corrected chi connectivity index (χ2v) is 7.50. The van der Waals surface area contributed by atoms with Gasteiger partial charge in [0.25, 0.3) is 5.78 Å². The van der Waals surface area contributed by atoms with Crippen molar-refractivity contribution in [3.63, 3.8) is 0 Å². The van der Waals surface area contributed by atoms with Crippen LogP contribution in [0.25, 0.3) is 0 Å². The fourth-order valence-corrected chi connectivity index (χ4v) is 4.23. The molecule has 30 heavy (non-hydrogen) atoms. The summed E-state index contributed by atoms with van der Waals surface area (Å²) in [6.45, 7) is 2.61. The molecule has 0 radical (unpaired) electrons. The molecule has 5 rings (SSSR count). The van der Waals surface area contributed by atoms with Gasteiger partial charge in [0.2, 0.25) is 0 Å². The van der Waals surface area contributed by atoms with Crippen molar-refractivity contribution in [1.82, 2.24) is 4.90 Å². The molecule has 2 aromatic carbocycles. The van der Waals surface area contributed by atoms with Crippen LogP contribution in [0.1, 0.15) is 21.5 Å². The van der Waals surface area contributed by atoms with Crippen LogP contribution in [0, 0.1) is 0 Å². The number of Topliss-reactive ketones (excluding diaryl/α,β-unsaturated/α-hetero) is 1. The van der Waals surface area contributed by atoms with E-state index in [1.54, 1.807) is 26.4 Å². The lowest BCUT2D eigenvalue weighted by Crippen LogP contribution is -2.43. The zero-order valence-corrected chi connectivity index (χ0v) is 16.9. The highest BCUT2D eigenvalue weighted by Crippen LogP contribution is 2.41. The highest BCUT2D eigenvalue weighted by Gasteiger charge is 2.39. The van der Waals surface area contributed by atoms with E-state index in [1.807, 2.05) is 12.1 Å². The zero-order valence-electron chi connectivity index (χ0n) is 16.9. The zero-order chi connectivity index (χ0) is 20.8. The summed E-state index contributed by atoms with van der Waals surface area (Å²) in [6.07, 6.45) is 0.819. The molecule has 8 nitrogen and oxygen atoms in total. The Morgan fingerprint density at radius 2 is 1.60 bits per heavy atom. The molecule has 0 atom stereocenters. The predicted octanol–water partition coefficient (Wildman–Crippen LogP) is 2.02. The number of hydrogen-bond donors (Lipinski definition) is 0. The highest BCUT2D eigenvalue weighted by atomic mass is 16.6. The van der Waals surface area contributed by atoms with Crippen molar-refractivity contribution in [2.75, 3.05) is 45.5 Å². The van der Waals surface area contributed by atoms with Crippen LogP contribution in [0.4, 0.5) is 5.69 Å². The summed E-state index contributed by atoms with van der Waals surface area (Å²) in [5, 5.41) is 0. The molecule has 0 bridgehead atoms. The maximum Gasteiger partial charge on any atom is 0.300 e. The Morgan fingerprint density at radius 1 is 0.933 bits per heavy atom. The van der Waals surface area contributed by atoms with Crippen molar-refractivity contribution in [2.45, 2.75) is 13.0 Å². The maximum absolute atomic E-state index is 12.7.